The molecular weight excluding hydrogens is 425 g/mol. The van der Waals surface area contributed by atoms with E-state index in [-0.39, 0.29) is 18.2 Å². The number of hydrogen-bond donors (Lipinski definition) is 4. The predicted octanol–water partition coefficient (Wildman–Crippen LogP) is 1.90. The molecule has 2 atom stereocenters. The molecule has 1 aliphatic rings. The second kappa shape index (κ2) is 9.13. The summed E-state index contributed by atoms with van der Waals surface area (Å²) in [5, 5.41) is 28.9. The van der Waals surface area contributed by atoms with E-state index < -0.39 is 17.7 Å². The van der Waals surface area contributed by atoms with E-state index in [0.29, 0.717) is 22.7 Å². The van der Waals surface area contributed by atoms with E-state index in [4.69, 9.17) is 5.26 Å². The maximum absolute atomic E-state index is 14.1. The Bertz CT molecular complexity index is 1210. The number of aliphatic hydroxyl groups is 1. The minimum absolute atomic E-state index is 0.134. The Labute approximate surface area is 190 Å². The van der Waals surface area contributed by atoms with E-state index in [0.717, 1.165) is 24.9 Å². The molecule has 0 saturated carbocycles. The Morgan fingerprint density at radius 3 is 2.94 bits per heavy atom. The number of carbonyl (C=O) groups is 1. The third kappa shape index (κ3) is 4.94. The number of anilines is 1. The Morgan fingerprint density at radius 2 is 2.24 bits per heavy atom. The molecule has 0 bridgehead atoms. The standard InChI is InChI=1S/C23H26FN7O2/c1-23(2,33)19(24)13-29-22(32)17-12-27-20(8-18(17)30-16-3-5-26-11-16)31-6-4-15-7-14(9-25)10-28-21(15)31/h4,6-8,10,12,16,19,26,33H,3,5,11,13H2,1-2H3,(H,27,30)(H,29,32). The van der Waals surface area contributed by atoms with Gasteiger partial charge < -0.3 is 21.1 Å². The Kier molecular flexibility index (Phi) is 6.26. The van der Waals surface area contributed by atoms with Crippen molar-refractivity contribution in [2.45, 2.75) is 38.1 Å². The van der Waals surface area contributed by atoms with Crippen LogP contribution in [0, 0.1) is 11.3 Å². The number of hydrogen-bond acceptors (Lipinski definition) is 7. The van der Waals surface area contributed by atoms with Crippen molar-refractivity contribution in [2.75, 3.05) is 25.0 Å². The lowest BCUT2D eigenvalue weighted by atomic mass is 10.0. The third-order valence-electron chi connectivity index (χ3n) is 5.66. The molecule has 33 heavy (non-hydrogen) atoms. The van der Waals surface area contributed by atoms with Crippen molar-refractivity contribution in [3.8, 4) is 11.9 Å². The average molecular weight is 452 g/mol. The lowest BCUT2D eigenvalue weighted by Gasteiger charge is -2.23. The molecule has 1 fully saturated rings. The monoisotopic (exact) mass is 451 g/mol. The summed E-state index contributed by atoms with van der Waals surface area (Å²) >= 11 is 0. The van der Waals surface area contributed by atoms with Gasteiger partial charge in [-0.25, -0.2) is 14.4 Å². The highest BCUT2D eigenvalue weighted by Gasteiger charge is 2.27. The van der Waals surface area contributed by atoms with Crippen molar-refractivity contribution in [1.82, 2.24) is 25.2 Å². The maximum Gasteiger partial charge on any atom is 0.255 e. The largest absolute Gasteiger partial charge is 0.387 e. The molecule has 1 aliphatic heterocycles. The maximum atomic E-state index is 14.1. The number of nitriles is 1. The summed E-state index contributed by atoms with van der Waals surface area (Å²) in [6.07, 6.45) is 4.04. The molecule has 10 heteroatoms. The van der Waals surface area contributed by atoms with Gasteiger partial charge in [0.2, 0.25) is 0 Å². The van der Waals surface area contributed by atoms with Crippen LogP contribution in [0.4, 0.5) is 10.1 Å². The van der Waals surface area contributed by atoms with Gasteiger partial charge in [0.15, 0.2) is 0 Å². The van der Waals surface area contributed by atoms with Gasteiger partial charge in [0, 0.05) is 42.6 Å². The fraction of sp³-hybridized carbons (Fsp3) is 0.391. The van der Waals surface area contributed by atoms with Crippen LogP contribution in [0.5, 0.6) is 0 Å². The van der Waals surface area contributed by atoms with Gasteiger partial charge in [0.1, 0.15) is 23.7 Å². The van der Waals surface area contributed by atoms with Crippen molar-refractivity contribution in [3.63, 3.8) is 0 Å². The van der Waals surface area contributed by atoms with E-state index in [1.54, 1.807) is 22.9 Å². The fourth-order valence-corrected chi connectivity index (χ4v) is 3.67. The molecule has 0 spiro atoms. The van der Waals surface area contributed by atoms with Gasteiger partial charge >= 0.3 is 0 Å². The number of aromatic nitrogens is 3. The van der Waals surface area contributed by atoms with Crippen molar-refractivity contribution in [1.29, 1.82) is 5.26 Å². The van der Waals surface area contributed by atoms with Gasteiger partial charge in [-0.1, -0.05) is 0 Å². The van der Waals surface area contributed by atoms with Gasteiger partial charge in [0.05, 0.1) is 29.0 Å². The van der Waals surface area contributed by atoms with Crippen LogP contribution >= 0.6 is 0 Å². The highest BCUT2D eigenvalue weighted by molar-refractivity contribution is 5.99. The first kappa shape index (κ1) is 22.6. The van der Waals surface area contributed by atoms with Crippen LogP contribution in [-0.4, -0.2) is 63.0 Å². The fourth-order valence-electron chi connectivity index (χ4n) is 3.67. The molecule has 1 amide bonds. The highest BCUT2D eigenvalue weighted by Crippen LogP contribution is 2.24. The minimum atomic E-state index is -1.61. The Hall–Kier alpha value is -3.55. The number of pyridine rings is 2. The molecule has 4 rings (SSSR count). The van der Waals surface area contributed by atoms with Crippen LogP contribution in [0.2, 0.25) is 0 Å². The third-order valence-corrected chi connectivity index (χ3v) is 5.66. The number of fused-ring (bicyclic) bond motifs is 1. The first-order valence-electron chi connectivity index (χ1n) is 10.8. The average Bonchev–Trinajstić information content (AvgIpc) is 3.45. The molecule has 1 saturated heterocycles. The summed E-state index contributed by atoms with van der Waals surface area (Å²) in [4.78, 5) is 21.7. The van der Waals surface area contributed by atoms with Gasteiger partial charge in [-0.15, -0.1) is 0 Å². The number of rotatable bonds is 7. The lowest BCUT2D eigenvalue weighted by molar-refractivity contribution is -0.00177. The quantitative estimate of drug-likeness (QED) is 0.432. The summed E-state index contributed by atoms with van der Waals surface area (Å²) < 4.78 is 15.9. The van der Waals surface area contributed by atoms with Crippen molar-refractivity contribution in [2.24, 2.45) is 0 Å². The zero-order valence-electron chi connectivity index (χ0n) is 18.5. The lowest BCUT2D eigenvalue weighted by Crippen LogP contribution is -2.42. The Morgan fingerprint density at radius 1 is 1.42 bits per heavy atom. The highest BCUT2D eigenvalue weighted by atomic mass is 19.1. The molecule has 3 aromatic heterocycles. The molecule has 0 radical (unpaired) electrons. The smallest absolute Gasteiger partial charge is 0.255 e. The van der Waals surface area contributed by atoms with Gasteiger partial charge in [-0.2, -0.15) is 5.26 Å². The molecule has 172 valence electrons. The summed E-state index contributed by atoms with van der Waals surface area (Å²) in [7, 11) is 0. The molecule has 4 heterocycles. The van der Waals surface area contributed by atoms with Gasteiger partial charge in [-0.05, 0) is 38.9 Å². The molecule has 4 N–H and O–H groups in total. The topological polar surface area (TPSA) is 128 Å². The number of alkyl halides is 1. The number of amides is 1. The van der Waals surface area contributed by atoms with Crippen molar-refractivity contribution >= 4 is 22.6 Å². The summed E-state index contributed by atoms with van der Waals surface area (Å²) in [6, 6.07) is 7.56. The number of halogens is 1. The molecular formula is C23H26FN7O2. The number of nitrogens with one attached hydrogen (secondary N) is 3. The SMILES string of the molecule is CC(C)(O)C(F)CNC(=O)c1cnc(-n2ccc3cc(C#N)cnc32)cc1NC1CCNC1. The van der Waals surface area contributed by atoms with Gasteiger partial charge in [0.25, 0.3) is 5.91 Å². The van der Waals surface area contributed by atoms with Crippen LogP contribution in [0.25, 0.3) is 16.9 Å². The minimum Gasteiger partial charge on any atom is -0.387 e. The number of nitrogens with zero attached hydrogens (tertiary/aromatic N) is 4. The van der Waals surface area contributed by atoms with Crippen LogP contribution in [-0.2, 0) is 0 Å². The molecule has 0 aromatic carbocycles. The van der Waals surface area contributed by atoms with Crippen LogP contribution < -0.4 is 16.0 Å². The molecule has 0 aliphatic carbocycles. The zero-order valence-corrected chi connectivity index (χ0v) is 18.5. The second-order valence-electron chi connectivity index (χ2n) is 8.69. The molecule has 3 aromatic rings. The second-order valence-corrected chi connectivity index (χ2v) is 8.69. The van der Waals surface area contributed by atoms with E-state index in [1.165, 1.54) is 26.2 Å². The van der Waals surface area contributed by atoms with E-state index >= 15 is 0 Å². The van der Waals surface area contributed by atoms with Gasteiger partial charge in [-0.3, -0.25) is 9.36 Å². The van der Waals surface area contributed by atoms with Crippen LogP contribution in [0.3, 0.4) is 0 Å². The van der Waals surface area contributed by atoms with E-state index in [2.05, 4.69) is 32.0 Å². The van der Waals surface area contributed by atoms with Crippen LogP contribution in [0.15, 0.2) is 36.8 Å². The predicted molar refractivity (Wildman–Crippen MR) is 122 cm³/mol. The summed E-state index contributed by atoms with van der Waals surface area (Å²) in [5.41, 5.74) is 0.399. The summed E-state index contributed by atoms with van der Waals surface area (Å²) in [6.45, 7) is 4.03. The van der Waals surface area contributed by atoms with Crippen molar-refractivity contribution in [3.05, 3.63) is 47.9 Å². The van der Waals surface area contributed by atoms with E-state index in [9.17, 15) is 14.3 Å². The molecule has 9 nitrogen and oxygen atoms in total. The van der Waals surface area contributed by atoms with Crippen molar-refractivity contribution < 1.29 is 14.3 Å². The first-order chi connectivity index (χ1) is 15.8. The number of carbonyl (C=O) groups excluding carboxylic acids is 1. The molecule has 2 unspecified atom stereocenters. The summed E-state index contributed by atoms with van der Waals surface area (Å²) in [5.74, 6) is 0.0654. The van der Waals surface area contributed by atoms with Crippen LogP contribution in [0.1, 0.15) is 36.2 Å². The Balaban J connectivity index is 1.65. The van der Waals surface area contributed by atoms with E-state index in [1.807, 2.05) is 6.07 Å². The first-order valence-corrected chi connectivity index (χ1v) is 10.8. The zero-order chi connectivity index (χ0) is 23.6. The normalized spacial score (nSPS) is 17.0.